The van der Waals surface area contributed by atoms with Gasteiger partial charge in [-0.05, 0) is 31.5 Å². The molecule has 1 rings (SSSR count). The molecule has 0 spiro atoms. The summed E-state index contributed by atoms with van der Waals surface area (Å²) >= 11 is 0. The van der Waals surface area contributed by atoms with Gasteiger partial charge in [0.05, 0.1) is 6.54 Å². The molecule has 1 amide bonds. The summed E-state index contributed by atoms with van der Waals surface area (Å²) in [5.41, 5.74) is 7.55. The first-order chi connectivity index (χ1) is 7.16. The topological polar surface area (TPSA) is 55.1 Å². The Kier molecular flexibility index (Phi) is 3.75. The van der Waals surface area contributed by atoms with E-state index in [0.717, 1.165) is 11.3 Å². The molecular weight excluding hydrogens is 188 g/mol. The molecule has 1 aromatic rings. The first-order valence-corrected chi connectivity index (χ1v) is 4.69. The first-order valence-electron chi connectivity index (χ1n) is 4.69. The molecule has 3 nitrogen and oxygen atoms in total. The Labute approximate surface area is 89.7 Å². The molecule has 0 saturated carbocycles. The van der Waals surface area contributed by atoms with Crippen LogP contribution in [0.2, 0.25) is 0 Å². The minimum absolute atomic E-state index is 0.405. The lowest BCUT2D eigenvalue weighted by Gasteiger charge is -2.09. The number of hydrogen-bond donors (Lipinski definition) is 2. The largest absolute Gasteiger partial charge is 0.374 e. The number of primary amides is 1. The molecular formula is C12H14N2O. The van der Waals surface area contributed by atoms with E-state index in [-0.39, 0.29) is 0 Å². The van der Waals surface area contributed by atoms with Crippen LogP contribution in [-0.4, -0.2) is 12.5 Å². The second kappa shape index (κ2) is 5.06. The van der Waals surface area contributed by atoms with Crippen molar-refractivity contribution < 1.29 is 4.79 Å². The van der Waals surface area contributed by atoms with E-state index < -0.39 is 5.91 Å². The summed E-state index contributed by atoms with van der Waals surface area (Å²) in [4.78, 5) is 11.1. The minimum atomic E-state index is -0.405. The maximum atomic E-state index is 11.1. The highest BCUT2D eigenvalue weighted by Gasteiger charge is 2.07. The van der Waals surface area contributed by atoms with Crippen molar-refractivity contribution in [2.24, 2.45) is 5.73 Å². The summed E-state index contributed by atoms with van der Waals surface area (Å²) in [7, 11) is 0. The molecule has 0 heterocycles. The smallest absolute Gasteiger partial charge is 0.249 e. The highest BCUT2D eigenvalue weighted by Crippen LogP contribution is 2.17. The van der Waals surface area contributed by atoms with Crippen molar-refractivity contribution in [3.8, 4) is 11.8 Å². The number of carbonyl (C=O) groups excluding carboxylic acids is 1. The van der Waals surface area contributed by atoms with E-state index in [2.05, 4.69) is 17.2 Å². The van der Waals surface area contributed by atoms with E-state index in [9.17, 15) is 4.79 Å². The van der Waals surface area contributed by atoms with Gasteiger partial charge < -0.3 is 11.1 Å². The van der Waals surface area contributed by atoms with Gasteiger partial charge in [-0.1, -0.05) is 12.0 Å². The number of amides is 1. The molecule has 0 aliphatic heterocycles. The lowest BCUT2D eigenvalue weighted by Crippen LogP contribution is -2.14. The summed E-state index contributed by atoms with van der Waals surface area (Å²) in [6, 6.07) is 5.42. The van der Waals surface area contributed by atoms with E-state index in [1.54, 1.807) is 19.1 Å². The highest BCUT2D eigenvalue weighted by atomic mass is 16.1. The molecule has 0 aromatic heterocycles. The Bertz CT molecular complexity index is 427. The van der Waals surface area contributed by atoms with Gasteiger partial charge in [-0.15, -0.1) is 5.92 Å². The van der Waals surface area contributed by atoms with Crippen LogP contribution in [0.4, 0.5) is 5.69 Å². The van der Waals surface area contributed by atoms with Crippen molar-refractivity contribution in [2.75, 3.05) is 11.9 Å². The average molecular weight is 202 g/mol. The molecule has 15 heavy (non-hydrogen) atoms. The van der Waals surface area contributed by atoms with Crippen LogP contribution in [0.5, 0.6) is 0 Å². The van der Waals surface area contributed by atoms with Gasteiger partial charge in [-0.2, -0.15) is 0 Å². The van der Waals surface area contributed by atoms with E-state index in [4.69, 9.17) is 5.73 Å². The Morgan fingerprint density at radius 3 is 2.87 bits per heavy atom. The molecule has 0 bridgehead atoms. The van der Waals surface area contributed by atoms with Gasteiger partial charge in [-0.25, -0.2) is 0 Å². The Morgan fingerprint density at radius 1 is 1.53 bits per heavy atom. The third-order valence-electron chi connectivity index (χ3n) is 2.14. The molecule has 0 unspecified atom stereocenters. The lowest BCUT2D eigenvalue weighted by atomic mass is 10.1. The zero-order valence-electron chi connectivity index (χ0n) is 8.92. The molecule has 0 radical (unpaired) electrons. The molecule has 0 aliphatic rings. The van der Waals surface area contributed by atoms with E-state index >= 15 is 0 Å². The van der Waals surface area contributed by atoms with Crippen LogP contribution in [0.25, 0.3) is 0 Å². The number of hydrogen-bond acceptors (Lipinski definition) is 2. The van der Waals surface area contributed by atoms with E-state index in [1.807, 2.05) is 13.0 Å². The number of carbonyl (C=O) groups is 1. The fraction of sp³-hybridized carbons (Fsp3) is 0.250. The van der Waals surface area contributed by atoms with Crippen LogP contribution >= 0.6 is 0 Å². The van der Waals surface area contributed by atoms with Crippen LogP contribution in [0, 0.1) is 18.8 Å². The van der Waals surface area contributed by atoms with Crippen molar-refractivity contribution in [1.29, 1.82) is 0 Å². The number of benzene rings is 1. The Morgan fingerprint density at radius 2 is 2.27 bits per heavy atom. The molecule has 78 valence electrons. The molecule has 0 aliphatic carbocycles. The van der Waals surface area contributed by atoms with Gasteiger partial charge in [-0.3, -0.25) is 4.79 Å². The summed E-state index contributed by atoms with van der Waals surface area (Å²) in [5.74, 6) is 5.28. The predicted molar refractivity (Wildman–Crippen MR) is 61.6 cm³/mol. The summed E-state index contributed by atoms with van der Waals surface area (Å²) in [6.07, 6.45) is 0. The van der Waals surface area contributed by atoms with Crippen LogP contribution in [0.3, 0.4) is 0 Å². The fourth-order valence-electron chi connectivity index (χ4n) is 1.32. The van der Waals surface area contributed by atoms with Gasteiger partial charge >= 0.3 is 0 Å². The predicted octanol–water partition coefficient (Wildman–Crippen LogP) is 1.53. The van der Waals surface area contributed by atoms with Gasteiger partial charge in [0, 0.05) is 11.3 Å². The van der Waals surface area contributed by atoms with Crippen LogP contribution in [0.15, 0.2) is 18.2 Å². The summed E-state index contributed by atoms with van der Waals surface area (Å²) < 4.78 is 0. The minimum Gasteiger partial charge on any atom is -0.374 e. The van der Waals surface area contributed by atoms with E-state index in [1.165, 1.54) is 0 Å². The maximum Gasteiger partial charge on any atom is 0.249 e. The summed E-state index contributed by atoms with van der Waals surface area (Å²) in [6.45, 7) is 4.22. The van der Waals surface area contributed by atoms with Crippen LogP contribution in [-0.2, 0) is 0 Å². The molecule has 0 atom stereocenters. The van der Waals surface area contributed by atoms with Gasteiger partial charge in [0.15, 0.2) is 0 Å². The summed E-state index contributed by atoms with van der Waals surface area (Å²) in [5, 5.41) is 3.13. The molecule has 1 aromatic carbocycles. The van der Waals surface area contributed by atoms with Gasteiger partial charge in [0.2, 0.25) is 5.91 Å². The Balaban J connectivity index is 2.92. The third-order valence-corrected chi connectivity index (χ3v) is 2.14. The maximum absolute atomic E-state index is 11.1. The zero-order chi connectivity index (χ0) is 11.3. The fourth-order valence-corrected chi connectivity index (χ4v) is 1.32. The lowest BCUT2D eigenvalue weighted by molar-refractivity contribution is 0.1000. The molecule has 0 fully saturated rings. The number of rotatable bonds is 3. The standard InChI is InChI=1S/C12H14N2O/c1-3-4-8-14-11-7-5-6-10(9(11)2)12(13)15/h5-7,14H,8H2,1-2H3,(H2,13,15). The van der Waals surface area contributed by atoms with Crippen molar-refractivity contribution in [1.82, 2.24) is 0 Å². The molecule has 3 N–H and O–H groups in total. The first kappa shape index (κ1) is 11.1. The van der Waals surface area contributed by atoms with Crippen LogP contribution < -0.4 is 11.1 Å². The Hall–Kier alpha value is -1.95. The van der Waals surface area contributed by atoms with E-state index in [0.29, 0.717) is 12.1 Å². The highest BCUT2D eigenvalue weighted by molar-refractivity contribution is 5.95. The monoisotopic (exact) mass is 202 g/mol. The average Bonchev–Trinajstić information content (AvgIpc) is 2.20. The normalized spacial score (nSPS) is 8.93. The van der Waals surface area contributed by atoms with Gasteiger partial charge in [0.25, 0.3) is 0 Å². The quantitative estimate of drug-likeness (QED) is 0.730. The number of nitrogens with two attached hydrogens (primary N) is 1. The van der Waals surface area contributed by atoms with Crippen LogP contribution in [0.1, 0.15) is 22.8 Å². The van der Waals surface area contributed by atoms with Crippen molar-refractivity contribution in [2.45, 2.75) is 13.8 Å². The molecule has 3 heteroatoms. The van der Waals surface area contributed by atoms with Gasteiger partial charge in [0.1, 0.15) is 0 Å². The second-order valence-corrected chi connectivity index (χ2v) is 3.12. The van der Waals surface area contributed by atoms with Crippen molar-refractivity contribution in [3.63, 3.8) is 0 Å². The number of nitrogens with one attached hydrogen (secondary N) is 1. The third kappa shape index (κ3) is 2.75. The SMILES string of the molecule is CC#CCNc1cccc(C(N)=O)c1C. The van der Waals surface area contributed by atoms with Crippen molar-refractivity contribution >= 4 is 11.6 Å². The molecule has 0 saturated heterocycles. The van der Waals surface area contributed by atoms with Crippen molar-refractivity contribution in [3.05, 3.63) is 29.3 Å². The second-order valence-electron chi connectivity index (χ2n) is 3.12. The zero-order valence-corrected chi connectivity index (χ0v) is 8.92. The number of anilines is 1.